The van der Waals surface area contributed by atoms with Crippen LogP contribution in [0.4, 0.5) is 34.1 Å². The first-order valence-corrected chi connectivity index (χ1v) is 27.8. The summed E-state index contributed by atoms with van der Waals surface area (Å²) in [7, 11) is 0. The third kappa shape index (κ3) is 7.88. The highest BCUT2D eigenvalue weighted by Gasteiger charge is 2.48. The fourth-order valence-electron chi connectivity index (χ4n) is 13.8. The van der Waals surface area contributed by atoms with Gasteiger partial charge < -0.3 is 9.80 Å². The number of nitrogens with zero attached hydrogens (tertiary/aromatic N) is 2. The Morgan fingerprint density at radius 3 is 1.53 bits per heavy atom. The molecule has 12 rings (SSSR count). The molecule has 0 N–H and O–H groups in total. The van der Waals surface area contributed by atoms with Crippen molar-refractivity contribution in [2.24, 2.45) is 0 Å². The molecule has 0 amide bonds. The molecule has 0 saturated heterocycles. The summed E-state index contributed by atoms with van der Waals surface area (Å²) < 4.78 is 28.3. The van der Waals surface area contributed by atoms with Crippen molar-refractivity contribution in [2.75, 3.05) is 9.80 Å². The van der Waals surface area contributed by atoms with Crippen LogP contribution in [-0.4, -0.2) is 6.71 Å². The van der Waals surface area contributed by atoms with E-state index in [4.69, 9.17) is 0 Å². The van der Waals surface area contributed by atoms with E-state index in [1.807, 2.05) is 12.1 Å². The Labute approximate surface area is 454 Å². The topological polar surface area (TPSA) is 6.48 Å². The van der Waals surface area contributed by atoms with Gasteiger partial charge in [-0.3, -0.25) is 0 Å². The smallest absolute Gasteiger partial charge is 0.252 e. The van der Waals surface area contributed by atoms with E-state index >= 15 is 0 Å². The first kappa shape index (κ1) is 45.8. The quantitative estimate of drug-likeness (QED) is 0.153. The molecule has 75 heavy (non-hydrogen) atoms. The molecule has 2 aliphatic heterocycles. The summed E-state index contributed by atoms with van der Waals surface area (Å²) >= 11 is 0. The van der Waals surface area contributed by atoms with E-state index < -0.39 is 6.85 Å². The molecule has 0 unspecified atom stereocenters. The average Bonchev–Trinajstić information content (AvgIpc) is 2.19. The van der Waals surface area contributed by atoms with Crippen LogP contribution in [0.1, 0.15) is 164 Å². The van der Waals surface area contributed by atoms with Crippen molar-refractivity contribution in [1.29, 1.82) is 0 Å². The molecule has 0 radical (unpaired) electrons. The van der Waals surface area contributed by atoms with Crippen LogP contribution in [0.3, 0.4) is 0 Å². The van der Waals surface area contributed by atoms with E-state index in [2.05, 4.69) is 251 Å². The molecule has 378 valence electrons. The highest BCUT2D eigenvalue weighted by atomic mass is 15.2. The van der Waals surface area contributed by atoms with Crippen LogP contribution in [0.5, 0.6) is 0 Å². The minimum atomic E-state index is -2.42. The third-order valence-corrected chi connectivity index (χ3v) is 18.7. The van der Waals surface area contributed by atoms with E-state index in [0.29, 0.717) is 5.56 Å². The Morgan fingerprint density at radius 1 is 0.427 bits per heavy atom. The lowest BCUT2D eigenvalue weighted by Crippen LogP contribution is -2.62. The molecular formula is C72H77BN2. The van der Waals surface area contributed by atoms with Gasteiger partial charge in [0, 0.05) is 43.5 Å². The predicted molar refractivity (Wildman–Crippen MR) is 324 cm³/mol. The number of hydrogen-bond acceptors (Lipinski definition) is 2. The summed E-state index contributed by atoms with van der Waals surface area (Å²) in [5, 5.41) is 0. The number of hydrogen-bond donors (Lipinski definition) is 0. The number of fused-ring (bicyclic) bond motifs is 6. The Hall–Kier alpha value is -6.58. The summed E-state index contributed by atoms with van der Waals surface area (Å²) in [4.78, 5) is 4.97. The maximum absolute atomic E-state index is 9.43. The molecule has 8 aromatic rings. The van der Waals surface area contributed by atoms with Gasteiger partial charge in [-0.2, -0.15) is 0 Å². The van der Waals surface area contributed by atoms with Crippen molar-refractivity contribution in [1.82, 2.24) is 0 Å². The summed E-state index contributed by atoms with van der Waals surface area (Å²) in [6.07, 6.45) is 4.40. The van der Waals surface area contributed by atoms with Gasteiger partial charge in [0.1, 0.15) is 0 Å². The fraction of sp³-hybridized carbons (Fsp3) is 0.333. The Bertz CT molecular complexity index is 3690. The summed E-state index contributed by atoms with van der Waals surface area (Å²) in [6.45, 7) is 28.3. The van der Waals surface area contributed by atoms with Crippen molar-refractivity contribution in [3.05, 3.63) is 208 Å². The maximum atomic E-state index is 9.43. The van der Waals surface area contributed by atoms with Gasteiger partial charge in [-0.15, -0.1) is 0 Å². The first-order valence-electron chi connectivity index (χ1n) is 29.3. The van der Waals surface area contributed by atoms with Crippen LogP contribution in [0.25, 0.3) is 22.3 Å². The normalized spacial score (nSPS) is 18.4. The summed E-state index contributed by atoms with van der Waals surface area (Å²) in [5.74, 6) is 0. The number of anilines is 6. The Balaban J connectivity index is 1.26. The van der Waals surface area contributed by atoms with Crippen LogP contribution >= 0.6 is 0 Å². The fourth-order valence-corrected chi connectivity index (χ4v) is 13.8. The molecule has 0 spiro atoms. The van der Waals surface area contributed by atoms with Gasteiger partial charge in [-0.1, -0.05) is 205 Å². The van der Waals surface area contributed by atoms with Gasteiger partial charge in [0.2, 0.25) is 0 Å². The number of rotatable bonds is 6. The molecule has 0 bridgehead atoms. The predicted octanol–water partition coefficient (Wildman–Crippen LogP) is 17.7. The van der Waals surface area contributed by atoms with E-state index in [-0.39, 0.29) is 39.2 Å². The molecule has 0 fully saturated rings. The van der Waals surface area contributed by atoms with Crippen LogP contribution < -0.4 is 26.2 Å². The Kier molecular flexibility index (Phi) is 10.4. The molecule has 0 aromatic heterocycles. The Morgan fingerprint density at radius 2 is 0.947 bits per heavy atom. The van der Waals surface area contributed by atoms with E-state index in [1.54, 1.807) is 0 Å². The van der Waals surface area contributed by atoms with Crippen molar-refractivity contribution < 1.29 is 4.11 Å². The molecule has 4 aliphatic rings. The second-order valence-corrected chi connectivity index (χ2v) is 26.9. The second-order valence-electron chi connectivity index (χ2n) is 26.9. The van der Waals surface area contributed by atoms with E-state index in [0.717, 1.165) is 87.5 Å². The lowest BCUT2D eigenvalue weighted by atomic mass is 9.33. The third-order valence-electron chi connectivity index (χ3n) is 18.7. The molecule has 2 nitrogen and oxygen atoms in total. The van der Waals surface area contributed by atoms with E-state index in [1.165, 1.54) is 49.9 Å². The molecule has 2 aliphatic carbocycles. The molecular weight excluding hydrogens is 904 g/mol. The lowest BCUT2D eigenvalue weighted by molar-refractivity contribution is 0.332. The van der Waals surface area contributed by atoms with Crippen molar-refractivity contribution in [3.63, 3.8) is 0 Å². The van der Waals surface area contributed by atoms with Crippen molar-refractivity contribution in [3.8, 4) is 22.3 Å². The molecule has 8 aromatic carbocycles. The number of aryl methyl sites for hydroxylation is 1. The largest absolute Gasteiger partial charge is 0.311 e. The van der Waals surface area contributed by atoms with Gasteiger partial charge in [0.15, 0.2) is 0 Å². The van der Waals surface area contributed by atoms with Gasteiger partial charge in [0.05, 0.1) is 5.69 Å². The highest BCUT2D eigenvalue weighted by molar-refractivity contribution is 7.00. The zero-order chi connectivity index (χ0) is 55.3. The minimum absolute atomic E-state index is 0.0268. The standard InChI is InChI=1S/C72H77BN2/c1-46-38-64-66-65(39-46)75(61-43-52(47-24-18-15-19-25-47)55(67(2,3)4)42-53(61)48-26-20-16-21-27-48)62-40-50(72(13,14)49-28-22-17-23-29-49)30-33-59(62)73(66)60-44-57-58(71(11,12)37-36-70(57,9)10)45-63(60)74(64)51-31-32-54-56(41-51)69(7,8)35-34-68(54,5)6/h15-33,38-45H,34-37H2,1-14H3/i1D3. The molecule has 0 saturated carbocycles. The van der Waals surface area contributed by atoms with Crippen LogP contribution in [0.15, 0.2) is 164 Å². The van der Waals surface area contributed by atoms with Crippen molar-refractivity contribution in [2.45, 2.75) is 155 Å². The highest BCUT2D eigenvalue weighted by Crippen LogP contribution is 2.54. The van der Waals surface area contributed by atoms with Gasteiger partial charge in [-0.05, 0) is 186 Å². The van der Waals surface area contributed by atoms with Gasteiger partial charge in [-0.25, -0.2) is 0 Å². The van der Waals surface area contributed by atoms with Crippen LogP contribution in [0.2, 0.25) is 0 Å². The zero-order valence-electron chi connectivity index (χ0n) is 49.9. The first-order chi connectivity index (χ1) is 36.7. The SMILES string of the molecule is [2H]C([2H])([2H])c1cc2c3c(c1)N(c1cc(-c4ccccc4)c(C(C)(C)C)cc1-c1ccccc1)c1cc(C(C)(C)c4ccccc4)ccc1B3c1cc3c(cc1N2c1ccc2c(c1)C(C)(C)CCC2(C)C)C(C)(C)CCC3(C)C. The van der Waals surface area contributed by atoms with Gasteiger partial charge >= 0.3 is 0 Å². The number of benzene rings is 8. The monoisotopic (exact) mass is 984 g/mol. The average molecular weight is 984 g/mol. The van der Waals surface area contributed by atoms with Crippen molar-refractivity contribution >= 4 is 57.2 Å². The molecule has 0 atom stereocenters. The van der Waals surface area contributed by atoms with Crippen LogP contribution in [0, 0.1) is 6.85 Å². The molecule has 3 heteroatoms. The van der Waals surface area contributed by atoms with E-state index in [9.17, 15) is 4.11 Å². The second kappa shape index (κ2) is 17.0. The maximum Gasteiger partial charge on any atom is 0.252 e. The zero-order valence-corrected chi connectivity index (χ0v) is 46.9. The lowest BCUT2D eigenvalue weighted by Gasteiger charge is -2.48. The molecule has 2 heterocycles. The summed E-state index contributed by atoms with van der Waals surface area (Å²) in [5.41, 5.74) is 23.1. The van der Waals surface area contributed by atoms with Crippen LogP contribution in [-0.2, 0) is 32.5 Å². The summed E-state index contributed by atoms with van der Waals surface area (Å²) in [6, 6.07) is 61.1. The van der Waals surface area contributed by atoms with Gasteiger partial charge in [0.25, 0.3) is 6.71 Å². The minimum Gasteiger partial charge on any atom is -0.311 e.